The van der Waals surface area contributed by atoms with Crippen LogP contribution in [0.1, 0.15) is 71.6 Å². The Morgan fingerprint density at radius 2 is 1.40 bits per heavy atom. The molecule has 1 aliphatic carbocycles. The molecule has 0 heterocycles. The lowest BCUT2D eigenvalue weighted by Gasteiger charge is -2.29. The Labute approximate surface area is 98.5 Å². The van der Waals surface area contributed by atoms with Gasteiger partial charge in [0.05, 0.1) is 0 Å². The first-order chi connectivity index (χ1) is 7.38. The SMILES string of the molecule is CCCC[SiH](CCCC)C1CCCCC1. The summed E-state index contributed by atoms with van der Waals surface area (Å²) in [5, 5.41) is 0. The van der Waals surface area contributed by atoms with Crippen LogP contribution in [0.5, 0.6) is 0 Å². The van der Waals surface area contributed by atoms with Gasteiger partial charge in [-0.3, -0.25) is 0 Å². The fraction of sp³-hybridized carbons (Fsp3) is 1.00. The molecule has 0 radical (unpaired) electrons. The van der Waals surface area contributed by atoms with E-state index in [9.17, 15) is 0 Å². The molecule has 0 aromatic rings. The molecule has 0 nitrogen and oxygen atoms in total. The van der Waals surface area contributed by atoms with Crippen LogP contribution in [-0.4, -0.2) is 8.80 Å². The van der Waals surface area contributed by atoms with Gasteiger partial charge in [0.1, 0.15) is 0 Å². The van der Waals surface area contributed by atoms with Gasteiger partial charge in [0.25, 0.3) is 0 Å². The maximum Gasteiger partial charge on any atom is 0.0399 e. The lowest BCUT2D eigenvalue weighted by Crippen LogP contribution is -2.22. The molecule has 0 spiro atoms. The Morgan fingerprint density at radius 1 is 0.867 bits per heavy atom. The summed E-state index contributed by atoms with van der Waals surface area (Å²) in [7, 11) is -0.350. The van der Waals surface area contributed by atoms with Crippen molar-refractivity contribution in [3.63, 3.8) is 0 Å². The van der Waals surface area contributed by atoms with Crippen LogP contribution in [0.25, 0.3) is 0 Å². The Morgan fingerprint density at radius 3 is 1.87 bits per heavy atom. The lowest BCUT2D eigenvalue weighted by molar-refractivity contribution is 0.493. The summed E-state index contributed by atoms with van der Waals surface area (Å²) in [5.41, 5.74) is 1.23. The van der Waals surface area contributed by atoms with Gasteiger partial charge >= 0.3 is 0 Å². The van der Waals surface area contributed by atoms with E-state index in [1.807, 2.05) is 0 Å². The van der Waals surface area contributed by atoms with E-state index in [1.54, 1.807) is 37.8 Å². The predicted molar refractivity (Wildman–Crippen MR) is 73.4 cm³/mol. The highest BCUT2D eigenvalue weighted by molar-refractivity contribution is 6.60. The average Bonchev–Trinajstić information content (AvgIpc) is 2.30. The second-order valence-electron chi connectivity index (χ2n) is 5.44. The molecule has 0 aromatic heterocycles. The first-order valence-electron chi connectivity index (χ1n) is 7.38. The van der Waals surface area contributed by atoms with Crippen LogP contribution in [0.15, 0.2) is 0 Å². The minimum Gasteiger partial charge on any atom is -0.0654 e. The van der Waals surface area contributed by atoms with Crippen LogP contribution in [0.3, 0.4) is 0 Å². The largest absolute Gasteiger partial charge is 0.0654 e. The Hall–Kier alpha value is 0.217. The van der Waals surface area contributed by atoms with Gasteiger partial charge in [0, 0.05) is 8.80 Å². The summed E-state index contributed by atoms with van der Waals surface area (Å²) in [6.07, 6.45) is 13.7. The molecular weight excluding hydrogens is 196 g/mol. The standard InChI is InChI=1S/C14H30Si/c1-3-5-12-15(13-6-4-2)14-10-8-7-9-11-14/h14-15H,3-13H2,1-2H3. The van der Waals surface area contributed by atoms with Crippen LogP contribution in [-0.2, 0) is 0 Å². The third-order valence-corrected chi connectivity index (χ3v) is 8.47. The normalized spacial score (nSPS) is 18.6. The summed E-state index contributed by atoms with van der Waals surface area (Å²) >= 11 is 0. The van der Waals surface area contributed by atoms with Crippen molar-refractivity contribution >= 4 is 8.80 Å². The average molecular weight is 226 g/mol. The van der Waals surface area contributed by atoms with Crippen LogP contribution in [0, 0.1) is 0 Å². The molecule has 0 saturated heterocycles. The molecule has 90 valence electrons. The van der Waals surface area contributed by atoms with Gasteiger partial charge in [-0.1, -0.05) is 83.7 Å². The number of hydrogen-bond donors (Lipinski definition) is 0. The third-order valence-electron chi connectivity index (χ3n) is 4.17. The van der Waals surface area contributed by atoms with E-state index in [2.05, 4.69) is 13.8 Å². The fourth-order valence-electron chi connectivity index (χ4n) is 3.15. The molecule has 0 unspecified atom stereocenters. The number of unbranched alkanes of at least 4 members (excludes halogenated alkanes) is 2. The van der Waals surface area contributed by atoms with Gasteiger partial charge in [0.15, 0.2) is 0 Å². The minimum absolute atomic E-state index is 0.350. The Kier molecular flexibility index (Phi) is 7.42. The van der Waals surface area contributed by atoms with Crippen molar-refractivity contribution in [2.45, 2.75) is 89.3 Å². The van der Waals surface area contributed by atoms with Crippen LogP contribution in [0.2, 0.25) is 17.6 Å². The van der Waals surface area contributed by atoms with Crippen LogP contribution >= 0.6 is 0 Å². The molecule has 0 aliphatic heterocycles. The van der Waals surface area contributed by atoms with Gasteiger partial charge in [-0.15, -0.1) is 0 Å². The molecule has 0 amide bonds. The van der Waals surface area contributed by atoms with E-state index in [1.165, 1.54) is 37.6 Å². The molecule has 15 heavy (non-hydrogen) atoms. The summed E-state index contributed by atoms with van der Waals surface area (Å²) in [6.45, 7) is 4.71. The van der Waals surface area contributed by atoms with Gasteiger partial charge in [0.2, 0.25) is 0 Å². The van der Waals surface area contributed by atoms with Gasteiger partial charge < -0.3 is 0 Å². The Balaban J connectivity index is 2.30. The highest BCUT2D eigenvalue weighted by Crippen LogP contribution is 2.35. The van der Waals surface area contributed by atoms with Gasteiger partial charge in [-0.25, -0.2) is 0 Å². The molecule has 0 aromatic carbocycles. The molecule has 1 fully saturated rings. The second-order valence-corrected chi connectivity index (χ2v) is 9.06. The van der Waals surface area contributed by atoms with E-state index in [4.69, 9.17) is 0 Å². The smallest absolute Gasteiger partial charge is 0.0399 e. The molecule has 1 saturated carbocycles. The molecule has 1 heteroatoms. The zero-order valence-electron chi connectivity index (χ0n) is 10.9. The van der Waals surface area contributed by atoms with E-state index in [0.717, 1.165) is 0 Å². The van der Waals surface area contributed by atoms with Gasteiger partial charge in [-0.05, 0) is 5.54 Å². The maximum atomic E-state index is 2.35. The molecule has 0 atom stereocenters. The maximum absolute atomic E-state index is 2.35. The Bertz CT molecular complexity index is 130. The van der Waals surface area contributed by atoms with E-state index in [0.29, 0.717) is 0 Å². The zero-order chi connectivity index (χ0) is 10.9. The van der Waals surface area contributed by atoms with Crippen LogP contribution < -0.4 is 0 Å². The monoisotopic (exact) mass is 226 g/mol. The second kappa shape index (κ2) is 8.38. The fourth-order valence-corrected chi connectivity index (χ4v) is 7.66. The van der Waals surface area contributed by atoms with Crippen molar-refractivity contribution in [2.75, 3.05) is 0 Å². The summed E-state index contributed by atoms with van der Waals surface area (Å²) in [4.78, 5) is 0. The summed E-state index contributed by atoms with van der Waals surface area (Å²) in [5.74, 6) is 0. The quantitative estimate of drug-likeness (QED) is 0.527. The van der Waals surface area contributed by atoms with Crippen molar-refractivity contribution in [3.8, 4) is 0 Å². The zero-order valence-corrected chi connectivity index (χ0v) is 12.1. The highest BCUT2D eigenvalue weighted by Gasteiger charge is 2.23. The molecule has 1 rings (SSSR count). The molecular formula is C14H30Si. The number of hydrogen-bond acceptors (Lipinski definition) is 0. The van der Waals surface area contributed by atoms with E-state index < -0.39 is 0 Å². The first-order valence-corrected chi connectivity index (χ1v) is 9.68. The lowest BCUT2D eigenvalue weighted by atomic mass is 10.0. The first kappa shape index (κ1) is 13.3. The highest BCUT2D eigenvalue weighted by atomic mass is 28.3. The summed E-state index contributed by atoms with van der Waals surface area (Å²) < 4.78 is 0. The third kappa shape index (κ3) is 5.19. The molecule has 0 N–H and O–H groups in total. The van der Waals surface area contributed by atoms with Crippen molar-refractivity contribution in [1.29, 1.82) is 0 Å². The van der Waals surface area contributed by atoms with Crippen molar-refractivity contribution in [3.05, 3.63) is 0 Å². The van der Waals surface area contributed by atoms with Gasteiger partial charge in [-0.2, -0.15) is 0 Å². The minimum atomic E-state index is -0.350. The topological polar surface area (TPSA) is 0 Å². The summed E-state index contributed by atoms with van der Waals surface area (Å²) in [6, 6.07) is 3.31. The van der Waals surface area contributed by atoms with Crippen molar-refractivity contribution in [2.24, 2.45) is 0 Å². The van der Waals surface area contributed by atoms with E-state index >= 15 is 0 Å². The molecule has 0 bridgehead atoms. The van der Waals surface area contributed by atoms with Crippen molar-refractivity contribution < 1.29 is 0 Å². The number of rotatable bonds is 7. The van der Waals surface area contributed by atoms with Crippen molar-refractivity contribution in [1.82, 2.24) is 0 Å². The van der Waals surface area contributed by atoms with Crippen LogP contribution in [0.4, 0.5) is 0 Å². The predicted octanol–water partition coefficient (Wildman–Crippen LogP) is 5.15. The molecule has 1 aliphatic rings. The van der Waals surface area contributed by atoms with E-state index in [-0.39, 0.29) is 8.80 Å².